The molecule has 23 heavy (non-hydrogen) atoms. The highest BCUT2D eigenvalue weighted by Gasteiger charge is 2.18. The Labute approximate surface area is 138 Å². The first-order valence-corrected chi connectivity index (χ1v) is 10.1. The van der Waals surface area contributed by atoms with Crippen LogP contribution in [0.2, 0.25) is 0 Å². The number of hydrogen-bond donors (Lipinski definition) is 2. The Morgan fingerprint density at radius 3 is 2.61 bits per heavy atom. The van der Waals surface area contributed by atoms with Gasteiger partial charge in [0.25, 0.3) is 0 Å². The van der Waals surface area contributed by atoms with Crippen LogP contribution in [0.4, 0.5) is 5.69 Å². The van der Waals surface area contributed by atoms with Gasteiger partial charge in [-0.3, -0.25) is 9.52 Å². The molecule has 1 saturated carbocycles. The monoisotopic (exact) mass is 338 g/mol. The van der Waals surface area contributed by atoms with Crippen LogP contribution in [0.15, 0.2) is 24.3 Å². The van der Waals surface area contributed by atoms with Gasteiger partial charge in [0.05, 0.1) is 12.3 Å². The normalized spacial score (nSPS) is 17.5. The van der Waals surface area contributed by atoms with Crippen LogP contribution in [0.1, 0.15) is 57.1 Å². The van der Waals surface area contributed by atoms with Gasteiger partial charge in [-0.05, 0) is 43.4 Å². The van der Waals surface area contributed by atoms with Crippen molar-refractivity contribution in [3.63, 3.8) is 0 Å². The third-order valence-electron chi connectivity index (χ3n) is 4.27. The van der Waals surface area contributed by atoms with Gasteiger partial charge in [0.2, 0.25) is 15.9 Å². The Morgan fingerprint density at radius 1 is 1.26 bits per heavy atom. The summed E-state index contributed by atoms with van der Waals surface area (Å²) in [5.41, 5.74) is 1.40. The Kier molecular flexibility index (Phi) is 6.04. The zero-order chi connectivity index (χ0) is 16.9. The smallest absolute Gasteiger partial charge is 0.229 e. The van der Waals surface area contributed by atoms with E-state index in [0.717, 1.165) is 24.7 Å². The Bertz CT molecular complexity index is 637. The standard InChI is InChI=1S/C17H26N2O3S/c1-13(18-17(20)11-14-7-4-3-5-8-14)15-9-6-10-16(12-15)19-23(2,21)22/h6,9-10,12-14,19H,3-5,7-8,11H2,1-2H3,(H,18,20)/t13-/m0/s1. The van der Waals surface area contributed by atoms with Crippen molar-refractivity contribution < 1.29 is 13.2 Å². The molecule has 1 aromatic carbocycles. The van der Waals surface area contributed by atoms with E-state index in [-0.39, 0.29) is 11.9 Å². The summed E-state index contributed by atoms with van der Waals surface area (Å²) in [6.07, 6.45) is 7.75. The van der Waals surface area contributed by atoms with E-state index in [1.165, 1.54) is 19.3 Å². The van der Waals surface area contributed by atoms with Crippen LogP contribution in [0, 0.1) is 5.92 Å². The molecule has 1 amide bonds. The van der Waals surface area contributed by atoms with Crippen molar-refractivity contribution in [3.8, 4) is 0 Å². The highest BCUT2D eigenvalue weighted by Crippen LogP contribution is 2.26. The summed E-state index contributed by atoms with van der Waals surface area (Å²) >= 11 is 0. The van der Waals surface area contributed by atoms with Crippen LogP contribution >= 0.6 is 0 Å². The second-order valence-corrected chi connectivity index (χ2v) is 8.25. The van der Waals surface area contributed by atoms with E-state index in [2.05, 4.69) is 10.0 Å². The summed E-state index contributed by atoms with van der Waals surface area (Å²) < 4.78 is 25.1. The Balaban J connectivity index is 1.93. The SMILES string of the molecule is C[C@H](NC(=O)CC1CCCCC1)c1cccc(NS(C)(=O)=O)c1. The number of carbonyl (C=O) groups is 1. The van der Waals surface area contributed by atoms with E-state index in [0.29, 0.717) is 18.0 Å². The molecule has 1 aliphatic carbocycles. The number of hydrogen-bond acceptors (Lipinski definition) is 3. The average molecular weight is 338 g/mol. The maximum atomic E-state index is 12.2. The van der Waals surface area contributed by atoms with Gasteiger partial charge >= 0.3 is 0 Å². The largest absolute Gasteiger partial charge is 0.350 e. The highest BCUT2D eigenvalue weighted by atomic mass is 32.2. The molecule has 5 nitrogen and oxygen atoms in total. The topological polar surface area (TPSA) is 75.3 Å². The molecular weight excluding hydrogens is 312 g/mol. The van der Waals surface area contributed by atoms with Crippen molar-refractivity contribution in [1.82, 2.24) is 5.32 Å². The Morgan fingerprint density at radius 2 is 1.96 bits per heavy atom. The molecular formula is C17H26N2O3S. The molecule has 0 bridgehead atoms. The number of carbonyl (C=O) groups excluding carboxylic acids is 1. The van der Waals surface area contributed by atoms with E-state index >= 15 is 0 Å². The molecule has 2 N–H and O–H groups in total. The molecule has 0 aliphatic heterocycles. The van der Waals surface area contributed by atoms with Gasteiger partial charge in [-0.2, -0.15) is 0 Å². The number of anilines is 1. The van der Waals surface area contributed by atoms with Crippen LogP contribution in [0.25, 0.3) is 0 Å². The molecule has 1 fully saturated rings. The van der Waals surface area contributed by atoms with Crippen molar-refractivity contribution in [2.75, 3.05) is 11.0 Å². The number of rotatable bonds is 6. The van der Waals surface area contributed by atoms with E-state index in [1.54, 1.807) is 18.2 Å². The minimum absolute atomic E-state index is 0.0749. The summed E-state index contributed by atoms with van der Waals surface area (Å²) in [4.78, 5) is 12.2. The third-order valence-corrected chi connectivity index (χ3v) is 4.87. The second kappa shape index (κ2) is 7.81. The summed E-state index contributed by atoms with van der Waals surface area (Å²) in [5.74, 6) is 0.583. The van der Waals surface area contributed by atoms with E-state index in [1.807, 2.05) is 13.0 Å². The average Bonchev–Trinajstić information content (AvgIpc) is 2.46. The van der Waals surface area contributed by atoms with Crippen molar-refractivity contribution >= 4 is 21.6 Å². The van der Waals surface area contributed by atoms with Crippen molar-refractivity contribution in [1.29, 1.82) is 0 Å². The lowest BCUT2D eigenvalue weighted by Crippen LogP contribution is -2.29. The first kappa shape index (κ1) is 17.8. The van der Waals surface area contributed by atoms with E-state index < -0.39 is 10.0 Å². The summed E-state index contributed by atoms with van der Waals surface area (Å²) in [5, 5.41) is 3.02. The molecule has 0 unspecified atom stereocenters. The zero-order valence-corrected chi connectivity index (χ0v) is 14.7. The van der Waals surface area contributed by atoms with Gasteiger partial charge in [-0.1, -0.05) is 31.4 Å². The van der Waals surface area contributed by atoms with E-state index in [4.69, 9.17) is 0 Å². The molecule has 0 heterocycles. The van der Waals surface area contributed by atoms with Gasteiger partial charge in [0.15, 0.2) is 0 Å². The number of benzene rings is 1. The van der Waals surface area contributed by atoms with Gasteiger partial charge < -0.3 is 5.32 Å². The second-order valence-electron chi connectivity index (χ2n) is 6.50. The molecule has 1 atom stereocenters. The fourth-order valence-electron chi connectivity index (χ4n) is 3.12. The van der Waals surface area contributed by atoms with Crippen LogP contribution in [0.5, 0.6) is 0 Å². The third kappa shape index (κ3) is 6.22. The predicted octanol–water partition coefficient (Wildman–Crippen LogP) is 3.21. The van der Waals surface area contributed by atoms with E-state index in [9.17, 15) is 13.2 Å². The minimum Gasteiger partial charge on any atom is -0.350 e. The molecule has 0 spiro atoms. The lowest BCUT2D eigenvalue weighted by Gasteiger charge is -2.22. The summed E-state index contributed by atoms with van der Waals surface area (Å²) in [7, 11) is -3.30. The lowest BCUT2D eigenvalue weighted by molar-refractivity contribution is -0.122. The van der Waals surface area contributed by atoms with Crippen LogP contribution in [0.3, 0.4) is 0 Å². The molecule has 128 valence electrons. The van der Waals surface area contributed by atoms with Gasteiger partial charge in [0.1, 0.15) is 0 Å². The quantitative estimate of drug-likeness (QED) is 0.836. The van der Waals surface area contributed by atoms with Crippen molar-refractivity contribution in [2.24, 2.45) is 5.92 Å². The molecule has 6 heteroatoms. The number of amides is 1. The molecule has 2 rings (SSSR count). The van der Waals surface area contributed by atoms with Gasteiger partial charge in [0, 0.05) is 12.1 Å². The number of nitrogens with one attached hydrogen (secondary N) is 2. The number of sulfonamides is 1. The molecule has 0 aromatic heterocycles. The maximum Gasteiger partial charge on any atom is 0.229 e. The van der Waals surface area contributed by atoms with Crippen LogP contribution in [-0.2, 0) is 14.8 Å². The fraction of sp³-hybridized carbons (Fsp3) is 0.588. The minimum atomic E-state index is -3.30. The van der Waals surface area contributed by atoms with Gasteiger partial charge in [-0.15, -0.1) is 0 Å². The van der Waals surface area contributed by atoms with Crippen molar-refractivity contribution in [2.45, 2.75) is 51.5 Å². The predicted molar refractivity (Wildman–Crippen MR) is 92.7 cm³/mol. The lowest BCUT2D eigenvalue weighted by atomic mass is 9.87. The molecule has 0 saturated heterocycles. The van der Waals surface area contributed by atoms with Gasteiger partial charge in [-0.25, -0.2) is 8.42 Å². The van der Waals surface area contributed by atoms with Crippen LogP contribution < -0.4 is 10.0 Å². The van der Waals surface area contributed by atoms with Crippen LogP contribution in [-0.4, -0.2) is 20.6 Å². The summed E-state index contributed by atoms with van der Waals surface area (Å²) in [6, 6.07) is 6.98. The van der Waals surface area contributed by atoms with Crippen molar-refractivity contribution in [3.05, 3.63) is 29.8 Å². The first-order valence-electron chi connectivity index (χ1n) is 8.20. The summed E-state index contributed by atoms with van der Waals surface area (Å²) in [6.45, 7) is 1.92. The maximum absolute atomic E-state index is 12.2. The molecule has 0 radical (unpaired) electrons. The molecule has 1 aromatic rings. The fourth-order valence-corrected chi connectivity index (χ4v) is 3.68. The highest BCUT2D eigenvalue weighted by molar-refractivity contribution is 7.92. The molecule has 1 aliphatic rings. The Hall–Kier alpha value is -1.56. The first-order chi connectivity index (χ1) is 10.8. The zero-order valence-electron chi connectivity index (χ0n) is 13.8.